The molecule has 38 heavy (non-hydrogen) atoms. The average molecular weight is 539 g/mol. The smallest absolute Gasteiger partial charge is 0.328 e. The van der Waals surface area contributed by atoms with Crippen LogP contribution < -0.4 is 21.5 Å². The molecular formula is C28H34N4O5S. The van der Waals surface area contributed by atoms with Gasteiger partial charge in [-0.15, -0.1) is 0 Å². The summed E-state index contributed by atoms with van der Waals surface area (Å²) in [6.45, 7) is 0.632. The monoisotopic (exact) mass is 538 g/mol. The minimum absolute atomic E-state index is 0.0598. The molecule has 0 bridgehead atoms. The van der Waals surface area contributed by atoms with E-state index in [1.165, 1.54) is 7.11 Å². The normalized spacial score (nSPS) is 12.9. The highest BCUT2D eigenvalue weighted by atomic mass is 32.2. The van der Waals surface area contributed by atoms with Gasteiger partial charge in [0.2, 0.25) is 15.9 Å². The van der Waals surface area contributed by atoms with Crippen molar-refractivity contribution in [1.82, 2.24) is 10.0 Å². The molecule has 0 fully saturated rings. The lowest BCUT2D eigenvalue weighted by molar-refractivity contribution is -0.145. The molecule has 0 spiro atoms. The highest BCUT2D eigenvalue weighted by Crippen LogP contribution is 2.13. The molecule has 3 aromatic rings. The number of nitrogens with two attached hydrogens (primary N) is 2. The third-order valence-corrected chi connectivity index (χ3v) is 7.33. The van der Waals surface area contributed by atoms with Crippen molar-refractivity contribution < 1.29 is 22.7 Å². The molecular weight excluding hydrogens is 504 g/mol. The molecule has 0 heterocycles. The lowest BCUT2D eigenvalue weighted by Crippen LogP contribution is -2.53. The van der Waals surface area contributed by atoms with Crippen LogP contribution in [-0.2, 0) is 56.0 Å². The third kappa shape index (κ3) is 8.77. The molecule has 0 unspecified atom stereocenters. The van der Waals surface area contributed by atoms with Crippen molar-refractivity contribution in [2.24, 2.45) is 11.5 Å². The maximum absolute atomic E-state index is 13.5. The number of nitrogens with one attached hydrogen (secondary N) is 2. The van der Waals surface area contributed by atoms with Crippen LogP contribution in [0.3, 0.4) is 0 Å². The van der Waals surface area contributed by atoms with Gasteiger partial charge in [-0.3, -0.25) is 4.79 Å². The molecule has 0 saturated heterocycles. The Labute approximate surface area is 223 Å². The summed E-state index contributed by atoms with van der Waals surface area (Å²) in [7, 11) is -2.68. The van der Waals surface area contributed by atoms with Gasteiger partial charge in [-0.2, -0.15) is 0 Å². The summed E-state index contributed by atoms with van der Waals surface area (Å²) in [5.41, 5.74) is 15.3. The van der Waals surface area contributed by atoms with Gasteiger partial charge in [0.25, 0.3) is 0 Å². The second-order valence-electron chi connectivity index (χ2n) is 8.96. The number of ether oxygens (including phenoxy) is 1. The van der Waals surface area contributed by atoms with Crippen LogP contribution >= 0.6 is 0 Å². The standard InChI is InChI=1S/C28H34N4O5S/c1-37-28(34)26(16-22-10-6-12-24(14-22)18-30)31-27(33)25(15-21-9-5-11-23(13-21)17-29)32-38(35,36)19-20-7-3-2-4-8-20/h2-14,25-26,32H,15-19,29-30H2,1H3,(H,31,33)/t25-,26+/m1/s1. The molecule has 202 valence electrons. The first-order chi connectivity index (χ1) is 18.2. The zero-order valence-electron chi connectivity index (χ0n) is 21.3. The lowest BCUT2D eigenvalue weighted by atomic mass is 10.0. The first kappa shape index (κ1) is 29.0. The molecule has 0 aliphatic carbocycles. The van der Waals surface area contributed by atoms with Crippen molar-refractivity contribution in [1.29, 1.82) is 0 Å². The number of carbonyl (C=O) groups excluding carboxylic acids is 2. The fourth-order valence-corrected chi connectivity index (χ4v) is 5.42. The average Bonchev–Trinajstić information content (AvgIpc) is 2.92. The Morgan fingerprint density at radius 2 is 1.26 bits per heavy atom. The molecule has 0 aromatic heterocycles. The summed E-state index contributed by atoms with van der Waals surface area (Å²) < 4.78 is 33.6. The van der Waals surface area contributed by atoms with Gasteiger partial charge in [-0.25, -0.2) is 17.9 Å². The molecule has 0 saturated carbocycles. The summed E-state index contributed by atoms with van der Waals surface area (Å²) in [5, 5.41) is 2.69. The molecule has 3 aromatic carbocycles. The van der Waals surface area contributed by atoms with Crippen LogP contribution in [0.25, 0.3) is 0 Å². The minimum Gasteiger partial charge on any atom is -0.467 e. The third-order valence-electron chi connectivity index (χ3n) is 5.97. The van der Waals surface area contributed by atoms with E-state index in [-0.39, 0.29) is 18.6 Å². The van der Waals surface area contributed by atoms with Gasteiger partial charge >= 0.3 is 5.97 Å². The highest BCUT2D eigenvalue weighted by Gasteiger charge is 2.30. The summed E-state index contributed by atoms with van der Waals surface area (Å²) in [5.74, 6) is -1.59. The Kier molecular flexibility index (Phi) is 10.5. The number of benzene rings is 3. The predicted octanol–water partition coefficient (Wildman–Crippen LogP) is 1.54. The SMILES string of the molecule is COC(=O)[C@H](Cc1cccc(CN)c1)NC(=O)[C@@H](Cc1cccc(CN)c1)NS(=O)(=O)Cc1ccccc1. The largest absolute Gasteiger partial charge is 0.467 e. The molecule has 10 heteroatoms. The zero-order chi connectivity index (χ0) is 27.5. The van der Waals surface area contributed by atoms with Crippen molar-refractivity contribution in [3.63, 3.8) is 0 Å². The summed E-state index contributed by atoms with van der Waals surface area (Å²) in [6, 6.07) is 21.1. The molecule has 0 aliphatic heterocycles. The summed E-state index contributed by atoms with van der Waals surface area (Å²) in [4.78, 5) is 26.1. The van der Waals surface area contributed by atoms with E-state index in [0.717, 1.165) is 22.3 Å². The van der Waals surface area contributed by atoms with Crippen LogP contribution in [0.1, 0.15) is 27.8 Å². The van der Waals surface area contributed by atoms with Crippen molar-refractivity contribution in [2.75, 3.05) is 7.11 Å². The molecule has 0 radical (unpaired) electrons. The summed E-state index contributed by atoms with van der Waals surface area (Å²) >= 11 is 0. The van der Waals surface area contributed by atoms with Gasteiger partial charge in [0, 0.05) is 19.5 Å². The second kappa shape index (κ2) is 13.8. The molecule has 2 atom stereocenters. The van der Waals surface area contributed by atoms with E-state index in [9.17, 15) is 18.0 Å². The maximum atomic E-state index is 13.5. The van der Waals surface area contributed by atoms with Crippen LogP contribution in [0.15, 0.2) is 78.9 Å². The van der Waals surface area contributed by atoms with Gasteiger partial charge in [0.05, 0.1) is 12.9 Å². The van der Waals surface area contributed by atoms with Crippen molar-refractivity contribution in [3.05, 3.63) is 107 Å². The first-order valence-corrected chi connectivity index (χ1v) is 13.9. The Balaban J connectivity index is 1.85. The van der Waals surface area contributed by atoms with Crippen molar-refractivity contribution in [3.8, 4) is 0 Å². The Bertz CT molecular complexity index is 1330. The molecule has 1 amide bonds. The number of sulfonamides is 1. The second-order valence-corrected chi connectivity index (χ2v) is 10.7. The number of hydrogen-bond donors (Lipinski definition) is 4. The number of hydrogen-bond acceptors (Lipinski definition) is 7. The number of methoxy groups -OCH3 is 1. The molecule has 6 N–H and O–H groups in total. The number of carbonyl (C=O) groups is 2. The van der Waals surface area contributed by atoms with E-state index < -0.39 is 34.0 Å². The fourth-order valence-electron chi connectivity index (χ4n) is 4.09. The Hall–Kier alpha value is -3.57. The molecule has 3 rings (SSSR count). The predicted molar refractivity (Wildman–Crippen MR) is 146 cm³/mol. The van der Waals surface area contributed by atoms with E-state index in [2.05, 4.69) is 10.0 Å². The van der Waals surface area contributed by atoms with Gasteiger partial charge in [0.15, 0.2) is 0 Å². The Morgan fingerprint density at radius 1 is 0.763 bits per heavy atom. The van der Waals surface area contributed by atoms with Gasteiger partial charge in [0.1, 0.15) is 12.1 Å². The highest BCUT2D eigenvalue weighted by molar-refractivity contribution is 7.88. The van der Waals surface area contributed by atoms with E-state index in [4.69, 9.17) is 16.2 Å². The number of rotatable bonds is 13. The first-order valence-electron chi connectivity index (χ1n) is 12.2. The van der Waals surface area contributed by atoms with E-state index >= 15 is 0 Å². The van der Waals surface area contributed by atoms with Gasteiger partial charge in [-0.05, 0) is 34.2 Å². The van der Waals surface area contributed by atoms with Crippen molar-refractivity contribution >= 4 is 21.9 Å². The molecule has 9 nitrogen and oxygen atoms in total. The zero-order valence-corrected chi connectivity index (χ0v) is 22.1. The van der Waals surface area contributed by atoms with Crippen LogP contribution in [-0.4, -0.2) is 39.5 Å². The van der Waals surface area contributed by atoms with Gasteiger partial charge in [-0.1, -0.05) is 78.9 Å². The maximum Gasteiger partial charge on any atom is 0.328 e. The number of amides is 1. The quantitative estimate of drug-likeness (QED) is 0.241. The van der Waals surface area contributed by atoms with Gasteiger partial charge < -0.3 is 21.5 Å². The van der Waals surface area contributed by atoms with Crippen molar-refractivity contribution in [2.45, 2.75) is 43.8 Å². The topological polar surface area (TPSA) is 154 Å². The van der Waals surface area contributed by atoms with Crippen LogP contribution in [0, 0.1) is 0 Å². The van der Waals surface area contributed by atoms with Crippen LogP contribution in [0.5, 0.6) is 0 Å². The van der Waals surface area contributed by atoms with Crippen LogP contribution in [0.2, 0.25) is 0 Å². The number of esters is 1. The Morgan fingerprint density at radius 3 is 1.79 bits per heavy atom. The molecule has 0 aliphatic rings. The fraction of sp³-hybridized carbons (Fsp3) is 0.286. The minimum atomic E-state index is -3.91. The van der Waals surface area contributed by atoms with E-state index in [1.54, 1.807) is 42.5 Å². The lowest BCUT2D eigenvalue weighted by Gasteiger charge is -2.23. The van der Waals surface area contributed by atoms with E-state index in [0.29, 0.717) is 18.7 Å². The van der Waals surface area contributed by atoms with E-state index in [1.807, 2.05) is 36.4 Å². The van der Waals surface area contributed by atoms with Crippen LogP contribution in [0.4, 0.5) is 0 Å². The summed E-state index contributed by atoms with van der Waals surface area (Å²) in [6.07, 6.45) is 0.211.